The summed E-state index contributed by atoms with van der Waals surface area (Å²) < 4.78 is 34.1. The zero-order valence-corrected chi connectivity index (χ0v) is 9.72. The van der Waals surface area contributed by atoms with Gasteiger partial charge in [0.1, 0.15) is 0 Å². The molecule has 4 nitrogen and oxygen atoms in total. The third-order valence-corrected chi connectivity index (χ3v) is 2.53. The molecule has 0 aromatic carbocycles. The van der Waals surface area contributed by atoms with Crippen molar-refractivity contribution < 1.29 is 17.2 Å². The van der Waals surface area contributed by atoms with Gasteiger partial charge in [-0.25, -0.2) is 4.18 Å². The summed E-state index contributed by atoms with van der Waals surface area (Å²) in [6.45, 7) is 4.06. The molecule has 86 valence electrons. The molecule has 0 amide bonds. The fourth-order valence-corrected chi connectivity index (χ4v) is 1.81. The molecule has 0 aromatic heterocycles. The molecule has 0 aliphatic rings. The van der Waals surface area contributed by atoms with Crippen molar-refractivity contribution in [3.05, 3.63) is 0 Å². The normalized spacial score (nSPS) is 12.3. The Morgan fingerprint density at radius 1 is 1.14 bits per heavy atom. The lowest BCUT2D eigenvalue weighted by Crippen LogP contribution is -2.17. The largest absolute Gasteiger partial charge is 0.397 e. The van der Waals surface area contributed by atoms with Crippen LogP contribution in [0.5, 0.6) is 0 Å². The third kappa shape index (κ3) is 8.47. The van der Waals surface area contributed by atoms with E-state index in [2.05, 4.69) is 4.18 Å². The van der Waals surface area contributed by atoms with Gasteiger partial charge in [-0.15, -0.1) is 0 Å². The van der Waals surface area contributed by atoms with Gasteiger partial charge >= 0.3 is 10.4 Å². The molecule has 5 heteroatoms. The summed E-state index contributed by atoms with van der Waals surface area (Å²) >= 11 is 0. The fourth-order valence-electron chi connectivity index (χ4n) is 1.28. The van der Waals surface area contributed by atoms with E-state index in [1.807, 2.05) is 13.8 Å². The second-order valence-corrected chi connectivity index (χ2v) is 4.48. The maximum atomic E-state index is 10.5. The van der Waals surface area contributed by atoms with Crippen LogP contribution in [0.2, 0.25) is 0 Å². The van der Waals surface area contributed by atoms with Crippen molar-refractivity contribution in [2.45, 2.75) is 58.5 Å². The third-order valence-electron chi connectivity index (χ3n) is 2.02. The summed E-state index contributed by atoms with van der Waals surface area (Å²) in [7, 11) is -4.28. The molecule has 0 heterocycles. The van der Waals surface area contributed by atoms with Crippen LogP contribution in [0, 0.1) is 0 Å². The summed E-state index contributed by atoms with van der Waals surface area (Å²) in [6.07, 6.45) is 4.86. The van der Waals surface area contributed by atoms with Crippen LogP contribution in [0.1, 0.15) is 52.4 Å². The highest BCUT2D eigenvalue weighted by Gasteiger charge is 2.15. The van der Waals surface area contributed by atoms with Gasteiger partial charge < -0.3 is 0 Å². The van der Waals surface area contributed by atoms with E-state index in [0.29, 0.717) is 12.8 Å². The Morgan fingerprint density at radius 3 is 1.86 bits per heavy atom. The van der Waals surface area contributed by atoms with E-state index in [0.717, 1.165) is 25.7 Å². The predicted molar refractivity (Wildman–Crippen MR) is 55.5 cm³/mol. The van der Waals surface area contributed by atoms with E-state index in [4.69, 9.17) is 4.55 Å². The molecule has 14 heavy (non-hydrogen) atoms. The lowest BCUT2D eigenvalue weighted by Gasteiger charge is -2.14. The van der Waals surface area contributed by atoms with Crippen LogP contribution in [0.25, 0.3) is 0 Å². The number of hydrogen-bond acceptors (Lipinski definition) is 3. The minimum Gasteiger partial charge on any atom is -0.264 e. The van der Waals surface area contributed by atoms with Crippen molar-refractivity contribution in [1.82, 2.24) is 0 Å². The Balaban J connectivity index is 3.96. The fraction of sp³-hybridized carbons (Fsp3) is 1.00. The van der Waals surface area contributed by atoms with Crippen LogP contribution in [0.4, 0.5) is 0 Å². The zero-order valence-electron chi connectivity index (χ0n) is 8.90. The molecule has 0 aliphatic carbocycles. The van der Waals surface area contributed by atoms with Gasteiger partial charge in [0.2, 0.25) is 0 Å². The molecule has 0 atom stereocenters. The van der Waals surface area contributed by atoms with Crippen molar-refractivity contribution in [1.29, 1.82) is 0 Å². The van der Waals surface area contributed by atoms with Gasteiger partial charge in [-0.1, -0.05) is 39.5 Å². The molecule has 0 rings (SSSR count). The maximum absolute atomic E-state index is 10.5. The molecule has 0 radical (unpaired) electrons. The lowest BCUT2D eigenvalue weighted by molar-refractivity contribution is 0.159. The minimum atomic E-state index is -4.28. The van der Waals surface area contributed by atoms with Gasteiger partial charge in [-0.3, -0.25) is 4.55 Å². The van der Waals surface area contributed by atoms with Gasteiger partial charge in [0.15, 0.2) is 0 Å². The van der Waals surface area contributed by atoms with Gasteiger partial charge in [0.05, 0.1) is 6.10 Å². The van der Waals surface area contributed by atoms with Crippen LogP contribution in [-0.4, -0.2) is 19.1 Å². The highest BCUT2D eigenvalue weighted by atomic mass is 32.3. The Morgan fingerprint density at radius 2 is 1.57 bits per heavy atom. The van der Waals surface area contributed by atoms with Crippen LogP contribution < -0.4 is 0 Å². The molecule has 0 unspecified atom stereocenters. The molecule has 0 bridgehead atoms. The molecule has 0 aliphatic heterocycles. The Labute approximate surface area is 86.6 Å². The summed E-state index contributed by atoms with van der Waals surface area (Å²) in [5, 5.41) is 0. The van der Waals surface area contributed by atoms with Crippen LogP contribution in [-0.2, 0) is 14.6 Å². The lowest BCUT2D eigenvalue weighted by atomic mass is 10.1. The average Bonchev–Trinajstić information content (AvgIpc) is 2.07. The standard InChI is InChI=1S/C9H20O4S/c1-3-5-7-9(8-6-4-2)13-14(10,11)12/h9H,3-8H2,1-2H3,(H,10,11,12). The quantitative estimate of drug-likeness (QED) is 0.643. The van der Waals surface area contributed by atoms with Crippen molar-refractivity contribution in [3.8, 4) is 0 Å². The highest BCUT2D eigenvalue weighted by Crippen LogP contribution is 2.14. The van der Waals surface area contributed by atoms with E-state index < -0.39 is 10.4 Å². The first kappa shape index (κ1) is 13.9. The summed E-state index contributed by atoms with van der Waals surface area (Å²) in [5.74, 6) is 0. The Kier molecular flexibility index (Phi) is 7.13. The van der Waals surface area contributed by atoms with E-state index in [1.165, 1.54) is 0 Å². The van der Waals surface area contributed by atoms with Gasteiger partial charge in [0, 0.05) is 0 Å². The van der Waals surface area contributed by atoms with Crippen molar-refractivity contribution >= 4 is 10.4 Å². The van der Waals surface area contributed by atoms with Crippen molar-refractivity contribution in [2.24, 2.45) is 0 Å². The molecule has 0 fully saturated rings. The summed E-state index contributed by atoms with van der Waals surface area (Å²) in [4.78, 5) is 0. The van der Waals surface area contributed by atoms with Gasteiger partial charge in [-0.2, -0.15) is 8.42 Å². The number of hydrogen-bond donors (Lipinski definition) is 1. The molecular weight excluding hydrogens is 204 g/mol. The van der Waals surface area contributed by atoms with Gasteiger partial charge in [0.25, 0.3) is 0 Å². The Hall–Kier alpha value is -0.130. The van der Waals surface area contributed by atoms with Crippen molar-refractivity contribution in [2.75, 3.05) is 0 Å². The first-order valence-corrected chi connectivity index (χ1v) is 6.51. The smallest absolute Gasteiger partial charge is 0.264 e. The minimum absolute atomic E-state index is 0.357. The predicted octanol–water partition coefficient (Wildman–Crippen LogP) is 2.55. The number of rotatable bonds is 8. The molecule has 0 saturated carbocycles. The van der Waals surface area contributed by atoms with Crippen LogP contribution >= 0.6 is 0 Å². The van der Waals surface area contributed by atoms with E-state index in [-0.39, 0.29) is 6.10 Å². The van der Waals surface area contributed by atoms with Crippen LogP contribution in [0.15, 0.2) is 0 Å². The van der Waals surface area contributed by atoms with Crippen LogP contribution in [0.3, 0.4) is 0 Å². The number of unbranched alkanes of at least 4 members (excludes halogenated alkanes) is 2. The van der Waals surface area contributed by atoms with Crippen molar-refractivity contribution in [3.63, 3.8) is 0 Å². The molecular formula is C9H20O4S. The molecule has 0 saturated heterocycles. The second kappa shape index (κ2) is 7.20. The second-order valence-electron chi connectivity index (χ2n) is 3.43. The molecule has 0 aromatic rings. The molecule has 1 N–H and O–H groups in total. The van der Waals surface area contributed by atoms with E-state index >= 15 is 0 Å². The maximum Gasteiger partial charge on any atom is 0.397 e. The van der Waals surface area contributed by atoms with E-state index in [9.17, 15) is 8.42 Å². The first-order chi connectivity index (χ1) is 6.49. The molecule has 0 spiro atoms. The highest BCUT2D eigenvalue weighted by molar-refractivity contribution is 7.80. The van der Waals surface area contributed by atoms with Gasteiger partial charge in [-0.05, 0) is 12.8 Å². The topological polar surface area (TPSA) is 63.6 Å². The average molecular weight is 224 g/mol. The Bertz CT molecular complexity index is 215. The SMILES string of the molecule is CCCCC(CCCC)OS(=O)(=O)O. The van der Waals surface area contributed by atoms with E-state index in [1.54, 1.807) is 0 Å². The summed E-state index contributed by atoms with van der Waals surface area (Å²) in [5.41, 5.74) is 0. The zero-order chi connectivity index (χ0) is 11.0. The summed E-state index contributed by atoms with van der Waals surface area (Å²) in [6, 6.07) is 0. The monoisotopic (exact) mass is 224 g/mol. The first-order valence-electron chi connectivity index (χ1n) is 5.15.